The van der Waals surface area contributed by atoms with Gasteiger partial charge < -0.3 is 29.5 Å². The van der Waals surface area contributed by atoms with Crippen molar-refractivity contribution >= 4 is 12.2 Å². The highest BCUT2D eigenvalue weighted by Gasteiger charge is 2.20. The largest absolute Gasteiger partial charge is 0.445 e. The maximum Gasteiger partial charge on any atom is 0.410 e. The van der Waals surface area contributed by atoms with Crippen LogP contribution in [0.3, 0.4) is 0 Å². The van der Waals surface area contributed by atoms with E-state index in [9.17, 15) is 19.8 Å². The summed E-state index contributed by atoms with van der Waals surface area (Å²) < 4.78 is 10.6. The van der Waals surface area contributed by atoms with Gasteiger partial charge in [0.1, 0.15) is 13.2 Å². The second-order valence-electron chi connectivity index (χ2n) is 6.50. The summed E-state index contributed by atoms with van der Waals surface area (Å²) in [6.45, 7) is 0.155. The summed E-state index contributed by atoms with van der Waals surface area (Å²) in [7, 11) is 0. The summed E-state index contributed by atoms with van der Waals surface area (Å²) >= 11 is 0. The van der Waals surface area contributed by atoms with Gasteiger partial charge in [-0.05, 0) is 11.1 Å². The van der Waals surface area contributed by atoms with E-state index in [1.54, 1.807) is 0 Å². The van der Waals surface area contributed by atoms with Crippen LogP contribution in [0.25, 0.3) is 0 Å². The molecule has 0 saturated heterocycles. The Morgan fingerprint density at radius 1 is 0.633 bits per heavy atom. The fraction of sp³-hybridized carbons (Fsp3) is 0.364. The molecule has 0 atom stereocenters. The van der Waals surface area contributed by atoms with Gasteiger partial charge in [0.15, 0.2) is 0 Å². The van der Waals surface area contributed by atoms with Gasteiger partial charge in [-0.15, -0.1) is 0 Å². The Morgan fingerprint density at radius 2 is 1.00 bits per heavy atom. The Morgan fingerprint density at radius 3 is 1.33 bits per heavy atom. The van der Waals surface area contributed by atoms with Crippen LogP contribution in [0.5, 0.6) is 0 Å². The first-order valence-electron chi connectivity index (χ1n) is 9.77. The predicted molar refractivity (Wildman–Crippen MR) is 111 cm³/mol. The minimum Gasteiger partial charge on any atom is -0.445 e. The molecule has 0 spiro atoms. The van der Waals surface area contributed by atoms with Crippen molar-refractivity contribution in [2.75, 3.05) is 39.4 Å². The summed E-state index contributed by atoms with van der Waals surface area (Å²) in [5.74, 6) is 0. The van der Waals surface area contributed by atoms with Crippen molar-refractivity contribution in [1.82, 2.24) is 9.80 Å². The van der Waals surface area contributed by atoms with Gasteiger partial charge >= 0.3 is 12.2 Å². The summed E-state index contributed by atoms with van der Waals surface area (Å²) in [4.78, 5) is 27.4. The maximum absolute atomic E-state index is 12.4. The topological polar surface area (TPSA) is 99.5 Å². The van der Waals surface area contributed by atoms with Crippen molar-refractivity contribution in [3.05, 3.63) is 71.8 Å². The Labute approximate surface area is 176 Å². The van der Waals surface area contributed by atoms with Gasteiger partial charge in [0, 0.05) is 26.2 Å². The third-order valence-electron chi connectivity index (χ3n) is 4.31. The molecule has 162 valence electrons. The second-order valence-corrected chi connectivity index (χ2v) is 6.50. The first-order valence-corrected chi connectivity index (χ1v) is 9.77. The highest BCUT2D eigenvalue weighted by molar-refractivity contribution is 5.69. The van der Waals surface area contributed by atoms with Crippen LogP contribution < -0.4 is 0 Å². The van der Waals surface area contributed by atoms with Crippen LogP contribution in [0.4, 0.5) is 9.59 Å². The van der Waals surface area contributed by atoms with Crippen molar-refractivity contribution in [1.29, 1.82) is 0 Å². The zero-order valence-electron chi connectivity index (χ0n) is 16.9. The zero-order valence-corrected chi connectivity index (χ0v) is 16.9. The Kier molecular flexibility index (Phi) is 10.2. The van der Waals surface area contributed by atoms with Gasteiger partial charge in [-0.2, -0.15) is 0 Å². The molecule has 0 fully saturated rings. The molecule has 2 rings (SSSR count). The molecule has 0 aliphatic rings. The average molecular weight is 416 g/mol. The minimum absolute atomic E-state index is 0.0691. The number of carbonyl (C=O) groups is 2. The van der Waals surface area contributed by atoms with Crippen molar-refractivity contribution in [3.63, 3.8) is 0 Å². The van der Waals surface area contributed by atoms with Gasteiger partial charge in [-0.3, -0.25) is 0 Å². The van der Waals surface area contributed by atoms with E-state index in [2.05, 4.69) is 0 Å². The molecule has 2 N–H and O–H groups in total. The number of hydrogen-bond acceptors (Lipinski definition) is 6. The van der Waals surface area contributed by atoms with Crippen molar-refractivity contribution in [3.8, 4) is 0 Å². The van der Waals surface area contributed by atoms with Crippen LogP contribution in [-0.4, -0.2) is 71.6 Å². The van der Waals surface area contributed by atoms with Gasteiger partial charge in [0.25, 0.3) is 0 Å². The molecular weight excluding hydrogens is 388 g/mol. The van der Waals surface area contributed by atoms with Gasteiger partial charge in [-0.25, -0.2) is 9.59 Å². The normalized spacial score (nSPS) is 10.3. The molecule has 2 amide bonds. The minimum atomic E-state index is -0.588. The molecule has 8 heteroatoms. The highest BCUT2D eigenvalue weighted by atomic mass is 16.6. The van der Waals surface area contributed by atoms with Crippen molar-refractivity contribution in [2.45, 2.75) is 13.2 Å². The highest BCUT2D eigenvalue weighted by Crippen LogP contribution is 2.06. The third kappa shape index (κ3) is 8.10. The van der Waals surface area contributed by atoms with Crippen molar-refractivity contribution < 1.29 is 29.3 Å². The molecule has 0 heterocycles. The van der Waals surface area contributed by atoms with Gasteiger partial charge in [-0.1, -0.05) is 60.7 Å². The number of hydrogen-bond donors (Lipinski definition) is 2. The first kappa shape index (κ1) is 23.2. The van der Waals surface area contributed by atoms with E-state index in [0.29, 0.717) is 0 Å². The van der Waals surface area contributed by atoms with Crippen LogP contribution >= 0.6 is 0 Å². The van der Waals surface area contributed by atoms with Gasteiger partial charge in [0.05, 0.1) is 13.2 Å². The molecule has 2 aromatic carbocycles. The lowest BCUT2D eigenvalue weighted by Gasteiger charge is -2.26. The number of nitrogens with zero attached hydrogens (tertiary/aromatic N) is 2. The molecule has 0 aromatic heterocycles. The van der Waals surface area contributed by atoms with Crippen LogP contribution in [-0.2, 0) is 22.7 Å². The number of aliphatic hydroxyl groups excluding tert-OH is 2. The molecule has 0 saturated carbocycles. The van der Waals surface area contributed by atoms with Crippen molar-refractivity contribution in [2.24, 2.45) is 0 Å². The van der Waals surface area contributed by atoms with Crippen LogP contribution in [0, 0.1) is 0 Å². The number of rotatable bonds is 11. The van der Waals surface area contributed by atoms with E-state index in [1.165, 1.54) is 9.80 Å². The SMILES string of the molecule is O=C(OCc1ccccc1)N(CCO)CCN(CCO)C(=O)OCc1ccccc1. The molecule has 0 aliphatic carbocycles. The summed E-state index contributed by atoms with van der Waals surface area (Å²) in [5, 5.41) is 18.5. The zero-order chi connectivity index (χ0) is 21.6. The number of amides is 2. The van der Waals surface area contributed by atoms with E-state index in [4.69, 9.17) is 9.47 Å². The fourth-order valence-electron chi connectivity index (χ4n) is 2.69. The number of carbonyl (C=O) groups excluding carboxylic acids is 2. The second kappa shape index (κ2) is 13.2. The Bertz CT molecular complexity index is 691. The lowest BCUT2D eigenvalue weighted by atomic mass is 10.2. The smallest absolute Gasteiger partial charge is 0.410 e. The molecule has 0 bridgehead atoms. The monoisotopic (exact) mass is 416 g/mol. The first-order chi connectivity index (χ1) is 14.6. The van der Waals surface area contributed by atoms with Crippen LogP contribution in [0.1, 0.15) is 11.1 Å². The summed E-state index contributed by atoms with van der Waals surface area (Å²) in [6.07, 6.45) is -1.18. The molecule has 0 aliphatic heterocycles. The quantitative estimate of drug-likeness (QED) is 0.583. The molecule has 8 nitrogen and oxygen atoms in total. The number of aliphatic hydroxyl groups is 2. The molecule has 30 heavy (non-hydrogen) atoms. The standard InChI is InChI=1S/C22H28N2O6/c25-15-13-23(21(27)29-17-19-7-3-1-4-8-19)11-12-24(14-16-26)22(28)30-18-20-9-5-2-6-10-20/h1-10,25-26H,11-18H2. The van der Waals surface area contributed by atoms with E-state index in [0.717, 1.165) is 11.1 Å². The molecule has 0 unspecified atom stereocenters. The fourth-order valence-corrected chi connectivity index (χ4v) is 2.69. The molecule has 0 radical (unpaired) electrons. The summed E-state index contributed by atoms with van der Waals surface area (Å²) in [5.41, 5.74) is 1.70. The lowest BCUT2D eigenvalue weighted by Crippen LogP contribution is -2.43. The molecule has 2 aromatic rings. The summed E-state index contributed by atoms with van der Waals surface area (Å²) in [6, 6.07) is 18.5. The van der Waals surface area contributed by atoms with Crippen LogP contribution in [0.2, 0.25) is 0 Å². The van der Waals surface area contributed by atoms with E-state index < -0.39 is 12.2 Å². The lowest BCUT2D eigenvalue weighted by molar-refractivity contribution is 0.0698. The van der Waals surface area contributed by atoms with Gasteiger partial charge in [0.2, 0.25) is 0 Å². The third-order valence-corrected chi connectivity index (χ3v) is 4.31. The average Bonchev–Trinajstić information content (AvgIpc) is 2.79. The van der Waals surface area contributed by atoms with E-state index in [-0.39, 0.29) is 52.6 Å². The Balaban J connectivity index is 1.86. The maximum atomic E-state index is 12.4. The number of ether oxygens (including phenoxy) is 2. The Hall–Kier alpha value is -3.10. The number of benzene rings is 2. The predicted octanol–water partition coefficient (Wildman–Crippen LogP) is 2.25. The molecular formula is C22H28N2O6. The van der Waals surface area contributed by atoms with E-state index >= 15 is 0 Å². The van der Waals surface area contributed by atoms with Crippen LogP contribution in [0.15, 0.2) is 60.7 Å². The van der Waals surface area contributed by atoms with E-state index in [1.807, 2.05) is 60.7 Å².